The molecule has 1 amide bonds. The van der Waals surface area contributed by atoms with Crippen LogP contribution in [0.3, 0.4) is 0 Å². The highest BCUT2D eigenvalue weighted by molar-refractivity contribution is 6.32. The zero-order chi connectivity index (χ0) is 15.9. The zero-order valence-electron chi connectivity index (χ0n) is 12.1. The molecule has 7 heteroatoms. The number of hydrazone groups is 1. The lowest BCUT2D eigenvalue weighted by atomic mass is 10.2. The van der Waals surface area contributed by atoms with E-state index in [0.717, 1.165) is 5.56 Å². The fourth-order valence-electron chi connectivity index (χ4n) is 1.71. The summed E-state index contributed by atoms with van der Waals surface area (Å²) in [7, 11) is 1.55. The number of amides is 1. The number of hydrogen-bond acceptors (Lipinski definition) is 5. The highest BCUT2D eigenvalue weighted by Crippen LogP contribution is 2.30. The van der Waals surface area contributed by atoms with Gasteiger partial charge in [-0.2, -0.15) is 5.10 Å². The molecule has 0 fully saturated rings. The molecular weight excluding hydrogens is 308 g/mol. The summed E-state index contributed by atoms with van der Waals surface area (Å²) in [5, 5.41) is 4.22. The fourth-order valence-corrected chi connectivity index (χ4v) is 1.97. The standard InChI is InChI=1S/C15H15ClN2O4/c1-3-21-15(19)18-17-9-11-5-7-13(22-11)10-4-6-14(20-2)12(16)8-10/h4-9H,3H2,1-2H3,(H,18,19)/b17-9-. The molecule has 1 N–H and O–H groups in total. The number of halogens is 1. The predicted octanol–water partition coefficient (Wildman–Crippen LogP) is 3.69. The van der Waals surface area contributed by atoms with Gasteiger partial charge in [-0.05, 0) is 37.3 Å². The van der Waals surface area contributed by atoms with E-state index in [0.29, 0.717) is 22.3 Å². The molecule has 0 spiro atoms. The Morgan fingerprint density at radius 3 is 2.91 bits per heavy atom. The van der Waals surface area contributed by atoms with Gasteiger partial charge in [0.2, 0.25) is 0 Å². The average Bonchev–Trinajstić information content (AvgIpc) is 2.96. The van der Waals surface area contributed by atoms with E-state index >= 15 is 0 Å². The Morgan fingerprint density at radius 2 is 2.23 bits per heavy atom. The van der Waals surface area contributed by atoms with Crippen LogP contribution in [0.4, 0.5) is 4.79 Å². The summed E-state index contributed by atoms with van der Waals surface area (Å²) < 4.78 is 15.4. The Labute approximate surface area is 132 Å². The number of benzene rings is 1. The SMILES string of the molecule is CCOC(=O)N/N=C\c1ccc(-c2ccc(OC)c(Cl)c2)o1. The lowest BCUT2D eigenvalue weighted by Crippen LogP contribution is -2.18. The van der Waals surface area contributed by atoms with Crippen molar-refractivity contribution in [1.29, 1.82) is 0 Å². The van der Waals surface area contributed by atoms with Crippen LogP contribution in [-0.2, 0) is 4.74 Å². The maximum Gasteiger partial charge on any atom is 0.427 e. The van der Waals surface area contributed by atoms with Crippen LogP contribution in [0.25, 0.3) is 11.3 Å². The van der Waals surface area contributed by atoms with E-state index in [1.54, 1.807) is 38.3 Å². The highest BCUT2D eigenvalue weighted by Gasteiger charge is 2.07. The molecule has 0 aliphatic heterocycles. The number of carbonyl (C=O) groups is 1. The number of nitrogens with zero attached hydrogens (tertiary/aromatic N) is 1. The lowest BCUT2D eigenvalue weighted by molar-refractivity contribution is 0.152. The van der Waals surface area contributed by atoms with Crippen molar-refractivity contribution >= 4 is 23.9 Å². The third-order valence-electron chi connectivity index (χ3n) is 2.69. The smallest absolute Gasteiger partial charge is 0.427 e. The molecule has 0 bridgehead atoms. The molecule has 2 aromatic rings. The topological polar surface area (TPSA) is 73.1 Å². The molecule has 0 saturated carbocycles. The van der Waals surface area contributed by atoms with Crippen LogP contribution in [0, 0.1) is 0 Å². The van der Waals surface area contributed by atoms with Gasteiger partial charge >= 0.3 is 6.09 Å². The Balaban J connectivity index is 2.06. The number of furan rings is 1. The summed E-state index contributed by atoms with van der Waals surface area (Å²) in [6, 6.07) is 8.85. The van der Waals surface area contributed by atoms with Crippen LogP contribution in [0.2, 0.25) is 5.02 Å². The van der Waals surface area contributed by atoms with Gasteiger partial charge in [-0.15, -0.1) is 0 Å². The largest absolute Gasteiger partial charge is 0.495 e. The molecular formula is C15H15ClN2O4. The van der Waals surface area contributed by atoms with Crippen molar-refractivity contribution in [2.45, 2.75) is 6.92 Å². The predicted molar refractivity (Wildman–Crippen MR) is 83.5 cm³/mol. The zero-order valence-corrected chi connectivity index (χ0v) is 12.9. The van der Waals surface area contributed by atoms with Gasteiger partial charge in [0.15, 0.2) is 0 Å². The Kier molecular flexibility index (Phi) is 5.43. The first-order chi connectivity index (χ1) is 10.6. The van der Waals surface area contributed by atoms with Crippen LogP contribution in [0.15, 0.2) is 39.9 Å². The number of methoxy groups -OCH3 is 1. The molecule has 0 aliphatic carbocycles. The Morgan fingerprint density at radius 1 is 1.41 bits per heavy atom. The molecule has 22 heavy (non-hydrogen) atoms. The number of rotatable bonds is 5. The number of hydrogen-bond donors (Lipinski definition) is 1. The molecule has 1 aromatic carbocycles. The summed E-state index contributed by atoms with van der Waals surface area (Å²) in [4.78, 5) is 11.1. The normalized spacial score (nSPS) is 10.7. The van der Waals surface area contributed by atoms with E-state index in [9.17, 15) is 4.79 Å². The Hall–Kier alpha value is -2.47. The summed E-state index contributed by atoms with van der Waals surface area (Å²) in [5.74, 6) is 1.71. The van der Waals surface area contributed by atoms with E-state index in [1.165, 1.54) is 6.21 Å². The first kappa shape index (κ1) is 15.9. The van der Waals surface area contributed by atoms with Gasteiger partial charge in [0, 0.05) is 5.56 Å². The van der Waals surface area contributed by atoms with Crippen LogP contribution in [-0.4, -0.2) is 26.0 Å². The van der Waals surface area contributed by atoms with Gasteiger partial charge in [-0.25, -0.2) is 10.2 Å². The molecule has 0 aliphatic rings. The molecule has 6 nitrogen and oxygen atoms in total. The summed E-state index contributed by atoms with van der Waals surface area (Å²) in [6.07, 6.45) is 0.762. The minimum Gasteiger partial charge on any atom is -0.495 e. The van der Waals surface area contributed by atoms with Crippen LogP contribution in [0.1, 0.15) is 12.7 Å². The van der Waals surface area contributed by atoms with Crippen molar-refractivity contribution in [1.82, 2.24) is 5.43 Å². The fraction of sp³-hybridized carbons (Fsp3) is 0.200. The number of carbonyl (C=O) groups excluding carboxylic acids is 1. The van der Waals surface area contributed by atoms with Crippen molar-refractivity contribution in [3.63, 3.8) is 0 Å². The van der Waals surface area contributed by atoms with Crippen molar-refractivity contribution in [2.24, 2.45) is 5.10 Å². The Bertz CT molecular complexity index is 682. The first-order valence-electron chi connectivity index (χ1n) is 6.53. The molecule has 0 radical (unpaired) electrons. The van der Waals surface area contributed by atoms with Crippen LogP contribution < -0.4 is 10.2 Å². The molecule has 0 atom stereocenters. The molecule has 1 heterocycles. The van der Waals surface area contributed by atoms with Crippen molar-refractivity contribution < 1.29 is 18.7 Å². The third-order valence-corrected chi connectivity index (χ3v) is 2.98. The average molecular weight is 323 g/mol. The summed E-state index contributed by atoms with van der Waals surface area (Å²) >= 11 is 6.08. The van der Waals surface area contributed by atoms with E-state index in [-0.39, 0.29) is 6.61 Å². The minimum absolute atomic E-state index is 0.282. The second-order valence-electron chi connectivity index (χ2n) is 4.14. The van der Waals surface area contributed by atoms with E-state index < -0.39 is 6.09 Å². The maximum atomic E-state index is 11.1. The molecule has 0 saturated heterocycles. The van der Waals surface area contributed by atoms with Gasteiger partial charge < -0.3 is 13.9 Å². The summed E-state index contributed by atoms with van der Waals surface area (Å²) in [5.41, 5.74) is 3.02. The molecule has 1 aromatic heterocycles. The number of ether oxygens (including phenoxy) is 2. The summed E-state index contributed by atoms with van der Waals surface area (Å²) in [6.45, 7) is 1.99. The first-order valence-corrected chi connectivity index (χ1v) is 6.91. The third kappa shape index (κ3) is 4.02. The van der Waals surface area contributed by atoms with Crippen molar-refractivity contribution in [3.8, 4) is 17.1 Å². The number of nitrogens with one attached hydrogen (secondary N) is 1. The van der Waals surface area contributed by atoms with E-state index in [1.807, 2.05) is 6.07 Å². The van der Waals surface area contributed by atoms with Crippen LogP contribution >= 0.6 is 11.6 Å². The lowest BCUT2D eigenvalue weighted by Gasteiger charge is -2.04. The second kappa shape index (κ2) is 7.51. The maximum absolute atomic E-state index is 11.1. The van der Waals surface area contributed by atoms with Gasteiger partial charge in [0.25, 0.3) is 0 Å². The van der Waals surface area contributed by atoms with Gasteiger partial charge in [0.1, 0.15) is 17.3 Å². The highest BCUT2D eigenvalue weighted by atomic mass is 35.5. The minimum atomic E-state index is -0.618. The van der Waals surface area contributed by atoms with Gasteiger partial charge in [-0.1, -0.05) is 11.6 Å². The van der Waals surface area contributed by atoms with Gasteiger partial charge in [-0.3, -0.25) is 0 Å². The molecule has 2 rings (SSSR count). The monoisotopic (exact) mass is 322 g/mol. The quantitative estimate of drug-likeness (QED) is 0.673. The second-order valence-corrected chi connectivity index (χ2v) is 4.55. The van der Waals surface area contributed by atoms with Crippen molar-refractivity contribution in [3.05, 3.63) is 41.1 Å². The van der Waals surface area contributed by atoms with E-state index in [2.05, 4.69) is 15.3 Å². The molecule has 0 unspecified atom stereocenters. The van der Waals surface area contributed by atoms with Crippen LogP contribution in [0.5, 0.6) is 5.75 Å². The van der Waals surface area contributed by atoms with Gasteiger partial charge in [0.05, 0.1) is 25.0 Å². The van der Waals surface area contributed by atoms with E-state index in [4.69, 9.17) is 20.8 Å². The molecule has 116 valence electrons. The van der Waals surface area contributed by atoms with Crippen molar-refractivity contribution in [2.75, 3.05) is 13.7 Å².